The summed E-state index contributed by atoms with van der Waals surface area (Å²) in [6.45, 7) is 0.410. The lowest BCUT2D eigenvalue weighted by molar-refractivity contribution is 0.311. The fourth-order valence-electron chi connectivity index (χ4n) is 2.69. The number of halogens is 2. The number of anilines is 3. The molecule has 0 amide bonds. The molecule has 3 heterocycles. The Hall–Kier alpha value is -2.94. The molecule has 0 atom stereocenters. The molecule has 3 aromatic heterocycles. The highest BCUT2D eigenvalue weighted by atomic mass is 35.5. The van der Waals surface area contributed by atoms with Gasteiger partial charge in [-0.2, -0.15) is 5.10 Å². The second-order valence-electron chi connectivity index (χ2n) is 5.80. The van der Waals surface area contributed by atoms with Gasteiger partial charge in [-0.3, -0.25) is 0 Å². The van der Waals surface area contributed by atoms with Gasteiger partial charge in [0.25, 0.3) is 0 Å². The number of hydrogen-bond donors (Lipinski definition) is 3. The standard InChI is InChI=1S/C18H15Cl2N7O/c19-12-2-1-3-13(20)17(12)27-9-11-14(26-27)4-5-22-18(11)25-16-8-15(21-6-7-28)23-10-24-16/h1-5,8-10,28H,6-7H2,(H2,21,22,23,24,25). The first-order chi connectivity index (χ1) is 13.7. The molecule has 0 radical (unpaired) electrons. The third-order valence-electron chi connectivity index (χ3n) is 3.93. The van der Waals surface area contributed by atoms with Crippen LogP contribution in [-0.4, -0.2) is 43.0 Å². The number of aromatic nitrogens is 5. The molecule has 0 aliphatic heterocycles. The summed E-state index contributed by atoms with van der Waals surface area (Å²) >= 11 is 12.6. The van der Waals surface area contributed by atoms with E-state index < -0.39 is 0 Å². The number of aliphatic hydroxyl groups excluding tert-OH is 1. The minimum Gasteiger partial charge on any atom is -0.395 e. The van der Waals surface area contributed by atoms with E-state index in [1.807, 2.05) is 6.20 Å². The fourth-order valence-corrected chi connectivity index (χ4v) is 3.27. The molecular weight excluding hydrogens is 401 g/mol. The van der Waals surface area contributed by atoms with Crippen LogP contribution in [0.3, 0.4) is 0 Å². The fraction of sp³-hybridized carbons (Fsp3) is 0.111. The molecule has 3 N–H and O–H groups in total. The largest absolute Gasteiger partial charge is 0.395 e. The number of rotatable bonds is 6. The van der Waals surface area contributed by atoms with Crippen molar-refractivity contribution in [2.45, 2.75) is 0 Å². The van der Waals surface area contributed by atoms with E-state index in [1.165, 1.54) is 6.33 Å². The minimum absolute atomic E-state index is 0.0113. The summed E-state index contributed by atoms with van der Waals surface area (Å²) < 4.78 is 1.64. The van der Waals surface area contributed by atoms with Crippen molar-refractivity contribution in [3.8, 4) is 5.69 Å². The predicted molar refractivity (Wildman–Crippen MR) is 110 cm³/mol. The molecule has 4 rings (SSSR count). The SMILES string of the molecule is OCCNc1cc(Nc2nccc3nn(-c4c(Cl)cccc4Cl)cc23)ncn1. The van der Waals surface area contributed by atoms with Crippen LogP contribution in [0.2, 0.25) is 10.0 Å². The predicted octanol–water partition coefficient (Wildman–Crippen LogP) is 3.67. The minimum atomic E-state index is 0.0113. The van der Waals surface area contributed by atoms with Gasteiger partial charge in [0.1, 0.15) is 29.5 Å². The Morgan fingerprint density at radius 2 is 1.82 bits per heavy atom. The topological polar surface area (TPSA) is 101 Å². The molecule has 28 heavy (non-hydrogen) atoms. The maximum absolute atomic E-state index is 8.93. The number of benzene rings is 1. The van der Waals surface area contributed by atoms with E-state index in [0.717, 1.165) is 10.9 Å². The summed E-state index contributed by atoms with van der Waals surface area (Å²) in [7, 11) is 0. The molecule has 0 aliphatic carbocycles. The summed E-state index contributed by atoms with van der Waals surface area (Å²) in [5, 5.41) is 21.4. The van der Waals surface area contributed by atoms with Gasteiger partial charge in [-0.1, -0.05) is 29.3 Å². The van der Waals surface area contributed by atoms with Crippen LogP contribution in [0.25, 0.3) is 16.6 Å². The molecular formula is C18H15Cl2N7O. The monoisotopic (exact) mass is 415 g/mol. The smallest absolute Gasteiger partial charge is 0.142 e. The van der Waals surface area contributed by atoms with E-state index >= 15 is 0 Å². The maximum Gasteiger partial charge on any atom is 0.142 e. The first-order valence-electron chi connectivity index (χ1n) is 8.38. The molecule has 0 bridgehead atoms. The number of aliphatic hydroxyl groups is 1. The Bertz CT molecular complexity index is 1110. The number of hydrogen-bond acceptors (Lipinski definition) is 7. The van der Waals surface area contributed by atoms with Crippen molar-refractivity contribution in [1.82, 2.24) is 24.7 Å². The van der Waals surface area contributed by atoms with E-state index in [0.29, 0.717) is 39.7 Å². The summed E-state index contributed by atoms with van der Waals surface area (Å²) in [6.07, 6.45) is 4.89. The first-order valence-corrected chi connectivity index (χ1v) is 9.14. The van der Waals surface area contributed by atoms with Crippen LogP contribution in [0.1, 0.15) is 0 Å². The van der Waals surface area contributed by atoms with Gasteiger partial charge in [0.05, 0.1) is 27.6 Å². The number of pyridine rings is 1. The molecule has 142 valence electrons. The number of fused-ring (bicyclic) bond motifs is 1. The van der Waals surface area contributed by atoms with E-state index in [1.54, 1.807) is 41.2 Å². The van der Waals surface area contributed by atoms with E-state index in [-0.39, 0.29) is 6.61 Å². The van der Waals surface area contributed by atoms with Gasteiger partial charge in [-0.15, -0.1) is 0 Å². The highest BCUT2D eigenvalue weighted by molar-refractivity contribution is 6.37. The van der Waals surface area contributed by atoms with Gasteiger partial charge < -0.3 is 15.7 Å². The van der Waals surface area contributed by atoms with Gasteiger partial charge in [0.2, 0.25) is 0 Å². The molecule has 10 heteroatoms. The molecule has 0 aliphatic rings. The summed E-state index contributed by atoms with van der Waals surface area (Å²) in [5.74, 6) is 1.73. The quantitative estimate of drug-likeness (QED) is 0.441. The van der Waals surface area contributed by atoms with Crippen LogP contribution in [0.15, 0.2) is 49.1 Å². The van der Waals surface area contributed by atoms with Crippen LogP contribution in [0.4, 0.5) is 17.5 Å². The van der Waals surface area contributed by atoms with E-state index in [9.17, 15) is 0 Å². The average Bonchev–Trinajstić information content (AvgIpc) is 3.11. The van der Waals surface area contributed by atoms with Crippen molar-refractivity contribution in [1.29, 1.82) is 0 Å². The van der Waals surface area contributed by atoms with Crippen LogP contribution in [-0.2, 0) is 0 Å². The summed E-state index contributed by atoms with van der Waals surface area (Å²) in [4.78, 5) is 12.7. The van der Waals surface area contributed by atoms with Crippen molar-refractivity contribution >= 4 is 51.6 Å². The molecule has 0 saturated carbocycles. The second kappa shape index (κ2) is 7.97. The first kappa shape index (κ1) is 18.4. The van der Waals surface area contributed by atoms with Crippen LogP contribution in [0, 0.1) is 0 Å². The van der Waals surface area contributed by atoms with Crippen molar-refractivity contribution in [3.63, 3.8) is 0 Å². The van der Waals surface area contributed by atoms with E-state index in [4.69, 9.17) is 28.3 Å². The summed E-state index contributed by atoms with van der Waals surface area (Å²) in [5.41, 5.74) is 1.33. The van der Waals surface area contributed by atoms with Crippen LogP contribution >= 0.6 is 23.2 Å². The Kier molecular flexibility index (Phi) is 5.25. The lowest BCUT2D eigenvalue weighted by Crippen LogP contribution is -2.07. The van der Waals surface area contributed by atoms with Gasteiger partial charge in [0, 0.05) is 25.0 Å². The third kappa shape index (κ3) is 3.70. The molecule has 0 unspecified atom stereocenters. The Balaban J connectivity index is 1.70. The zero-order valence-corrected chi connectivity index (χ0v) is 16.0. The highest BCUT2D eigenvalue weighted by Gasteiger charge is 2.13. The van der Waals surface area contributed by atoms with Crippen molar-refractivity contribution < 1.29 is 5.11 Å². The Morgan fingerprint density at radius 3 is 2.61 bits per heavy atom. The number of nitrogens with zero attached hydrogens (tertiary/aromatic N) is 5. The normalized spacial score (nSPS) is 11.0. The Morgan fingerprint density at radius 1 is 1.04 bits per heavy atom. The molecule has 0 fully saturated rings. The number of nitrogens with one attached hydrogen (secondary N) is 2. The molecule has 0 saturated heterocycles. The zero-order chi connectivity index (χ0) is 19.5. The van der Waals surface area contributed by atoms with Gasteiger partial charge in [0.15, 0.2) is 0 Å². The van der Waals surface area contributed by atoms with Crippen LogP contribution < -0.4 is 10.6 Å². The van der Waals surface area contributed by atoms with Crippen LogP contribution in [0.5, 0.6) is 0 Å². The molecule has 4 aromatic rings. The lowest BCUT2D eigenvalue weighted by Gasteiger charge is -2.08. The molecule has 8 nitrogen and oxygen atoms in total. The van der Waals surface area contributed by atoms with Crippen molar-refractivity contribution in [3.05, 3.63) is 59.1 Å². The maximum atomic E-state index is 8.93. The molecule has 1 aromatic carbocycles. The highest BCUT2D eigenvalue weighted by Crippen LogP contribution is 2.31. The third-order valence-corrected chi connectivity index (χ3v) is 4.54. The zero-order valence-electron chi connectivity index (χ0n) is 14.5. The van der Waals surface area contributed by atoms with Crippen molar-refractivity contribution in [2.24, 2.45) is 0 Å². The van der Waals surface area contributed by atoms with Gasteiger partial charge in [-0.25, -0.2) is 19.6 Å². The average molecular weight is 416 g/mol. The number of para-hydroxylation sites is 1. The summed E-state index contributed by atoms with van der Waals surface area (Å²) in [6, 6.07) is 8.83. The lowest BCUT2D eigenvalue weighted by atomic mass is 10.3. The Labute approximate surface area is 170 Å². The van der Waals surface area contributed by atoms with E-state index in [2.05, 4.69) is 30.7 Å². The van der Waals surface area contributed by atoms with Crippen molar-refractivity contribution in [2.75, 3.05) is 23.8 Å². The second-order valence-corrected chi connectivity index (χ2v) is 6.61. The van der Waals surface area contributed by atoms with Gasteiger partial charge in [-0.05, 0) is 18.2 Å². The molecule has 0 spiro atoms. The van der Waals surface area contributed by atoms with Gasteiger partial charge >= 0.3 is 0 Å².